The number of amides is 2. The van der Waals surface area contributed by atoms with Crippen molar-refractivity contribution in [2.24, 2.45) is 11.7 Å². The van der Waals surface area contributed by atoms with E-state index in [0.717, 1.165) is 18.5 Å². The highest BCUT2D eigenvalue weighted by atomic mass is 32.2. The molecule has 0 saturated carbocycles. The van der Waals surface area contributed by atoms with Crippen molar-refractivity contribution in [1.82, 2.24) is 14.2 Å². The summed E-state index contributed by atoms with van der Waals surface area (Å²) in [5.41, 5.74) is 7.93. The van der Waals surface area contributed by atoms with Gasteiger partial charge in [0.2, 0.25) is 21.8 Å². The van der Waals surface area contributed by atoms with Crippen LogP contribution in [0.3, 0.4) is 0 Å². The Bertz CT molecular complexity index is 1030. The molecule has 0 aliphatic carbocycles. The average Bonchev–Trinajstić information content (AvgIpc) is 3.20. The SMILES string of the molecule is CC(C(N)=O)N(C(=O)C(Cc1ccccc1)CS(=O)(=O)N1CCCN(C)CC1)c1cncs1. The van der Waals surface area contributed by atoms with Crippen molar-refractivity contribution in [3.05, 3.63) is 47.6 Å². The van der Waals surface area contributed by atoms with Gasteiger partial charge in [0.15, 0.2) is 0 Å². The monoisotopic (exact) mass is 493 g/mol. The van der Waals surface area contributed by atoms with Crippen LogP contribution in [0.5, 0.6) is 0 Å². The van der Waals surface area contributed by atoms with Gasteiger partial charge in [-0.15, -0.1) is 11.3 Å². The van der Waals surface area contributed by atoms with Crippen molar-refractivity contribution in [2.75, 3.05) is 43.9 Å². The minimum atomic E-state index is -3.71. The Morgan fingerprint density at radius 1 is 1.18 bits per heavy atom. The van der Waals surface area contributed by atoms with Gasteiger partial charge in [-0.3, -0.25) is 19.5 Å². The van der Waals surface area contributed by atoms with Crippen LogP contribution in [0.25, 0.3) is 0 Å². The first-order chi connectivity index (χ1) is 15.7. The second-order valence-electron chi connectivity index (χ2n) is 8.35. The number of carbonyl (C=O) groups is 2. The number of hydrogen-bond donors (Lipinski definition) is 1. The first-order valence-electron chi connectivity index (χ1n) is 10.9. The topological polar surface area (TPSA) is 117 Å². The molecule has 3 rings (SSSR count). The summed E-state index contributed by atoms with van der Waals surface area (Å²) < 4.78 is 28.3. The maximum Gasteiger partial charge on any atom is 0.240 e. The largest absolute Gasteiger partial charge is 0.368 e. The molecule has 180 valence electrons. The molecule has 1 aliphatic heterocycles. The fraction of sp³-hybridized carbons (Fsp3) is 0.500. The number of benzene rings is 1. The van der Waals surface area contributed by atoms with Gasteiger partial charge in [-0.2, -0.15) is 0 Å². The van der Waals surface area contributed by atoms with E-state index < -0.39 is 33.8 Å². The van der Waals surface area contributed by atoms with Crippen LogP contribution in [0.4, 0.5) is 5.00 Å². The number of carbonyl (C=O) groups excluding carboxylic acids is 2. The Labute approximate surface area is 199 Å². The quantitative estimate of drug-likeness (QED) is 0.561. The van der Waals surface area contributed by atoms with Crippen molar-refractivity contribution < 1.29 is 18.0 Å². The number of nitrogens with zero attached hydrogens (tertiary/aromatic N) is 4. The lowest BCUT2D eigenvalue weighted by atomic mass is 9.99. The van der Waals surface area contributed by atoms with Gasteiger partial charge in [0, 0.05) is 19.6 Å². The van der Waals surface area contributed by atoms with E-state index in [1.807, 2.05) is 37.4 Å². The highest BCUT2D eigenvalue weighted by Crippen LogP contribution is 2.26. The van der Waals surface area contributed by atoms with E-state index >= 15 is 0 Å². The first-order valence-corrected chi connectivity index (χ1v) is 13.4. The summed E-state index contributed by atoms with van der Waals surface area (Å²) in [5.74, 6) is -2.36. The fourth-order valence-electron chi connectivity index (χ4n) is 3.92. The summed E-state index contributed by atoms with van der Waals surface area (Å²) in [6, 6.07) is 8.35. The molecule has 2 aromatic rings. The van der Waals surface area contributed by atoms with Crippen LogP contribution >= 0.6 is 11.3 Å². The number of thiazole rings is 1. The molecule has 1 aromatic carbocycles. The summed E-state index contributed by atoms with van der Waals surface area (Å²) in [7, 11) is -1.74. The van der Waals surface area contributed by atoms with Crippen LogP contribution in [-0.2, 0) is 26.0 Å². The third-order valence-corrected chi connectivity index (χ3v) is 8.60. The molecule has 33 heavy (non-hydrogen) atoms. The van der Waals surface area contributed by atoms with Crippen molar-refractivity contribution in [1.29, 1.82) is 0 Å². The highest BCUT2D eigenvalue weighted by molar-refractivity contribution is 7.89. The van der Waals surface area contributed by atoms with Gasteiger partial charge < -0.3 is 10.6 Å². The van der Waals surface area contributed by atoms with Crippen molar-refractivity contribution >= 4 is 38.2 Å². The summed E-state index contributed by atoms with van der Waals surface area (Å²) >= 11 is 1.20. The second-order valence-corrected chi connectivity index (χ2v) is 11.2. The van der Waals surface area contributed by atoms with E-state index in [1.165, 1.54) is 26.7 Å². The van der Waals surface area contributed by atoms with Crippen LogP contribution in [0, 0.1) is 5.92 Å². The second kappa shape index (κ2) is 11.2. The predicted octanol–water partition coefficient (Wildman–Crippen LogP) is 1.18. The standard InChI is InChI=1S/C22H31N5O4S2/c1-17(21(23)28)27(20-14-24-16-32-20)22(29)19(13-18-7-4-3-5-8-18)15-33(30,31)26-10-6-9-25(2)11-12-26/h3-5,7-8,14,16-17,19H,6,9-13,15H2,1-2H3,(H2,23,28). The lowest BCUT2D eigenvalue weighted by molar-refractivity contribution is -0.126. The maximum absolute atomic E-state index is 13.8. The third kappa shape index (κ3) is 6.59. The molecule has 0 bridgehead atoms. The summed E-state index contributed by atoms with van der Waals surface area (Å²) in [4.78, 5) is 33.2. The molecule has 11 heteroatoms. The highest BCUT2D eigenvalue weighted by Gasteiger charge is 2.37. The maximum atomic E-state index is 13.8. The Kier molecular flexibility index (Phi) is 8.57. The molecule has 1 saturated heterocycles. The number of primary amides is 1. The van der Waals surface area contributed by atoms with Crippen LogP contribution < -0.4 is 10.6 Å². The zero-order valence-electron chi connectivity index (χ0n) is 19.0. The fourth-order valence-corrected chi connectivity index (χ4v) is 6.38. The predicted molar refractivity (Wildman–Crippen MR) is 129 cm³/mol. The van der Waals surface area contributed by atoms with Crippen molar-refractivity contribution in [3.8, 4) is 0 Å². The van der Waals surface area contributed by atoms with Crippen molar-refractivity contribution in [2.45, 2.75) is 25.8 Å². The minimum absolute atomic E-state index is 0.230. The van der Waals surface area contributed by atoms with Gasteiger partial charge in [0.05, 0.1) is 23.4 Å². The lowest BCUT2D eigenvalue weighted by Gasteiger charge is -2.30. The minimum Gasteiger partial charge on any atom is -0.368 e. The molecule has 1 aromatic heterocycles. The number of aromatic nitrogens is 1. The van der Waals surface area contributed by atoms with Gasteiger partial charge >= 0.3 is 0 Å². The summed E-state index contributed by atoms with van der Waals surface area (Å²) in [6.07, 6.45) is 2.45. The Morgan fingerprint density at radius 3 is 2.55 bits per heavy atom. The van der Waals surface area contributed by atoms with E-state index in [0.29, 0.717) is 24.6 Å². The zero-order valence-corrected chi connectivity index (χ0v) is 20.6. The van der Waals surface area contributed by atoms with Crippen LogP contribution in [0.1, 0.15) is 18.9 Å². The van der Waals surface area contributed by atoms with Gasteiger partial charge in [0.25, 0.3) is 0 Å². The van der Waals surface area contributed by atoms with E-state index in [-0.39, 0.29) is 12.2 Å². The molecule has 2 heterocycles. The number of rotatable bonds is 9. The summed E-state index contributed by atoms with van der Waals surface area (Å²) in [5, 5.41) is 0.457. The Morgan fingerprint density at radius 2 is 1.91 bits per heavy atom. The van der Waals surface area contributed by atoms with Crippen molar-refractivity contribution in [3.63, 3.8) is 0 Å². The molecule has 0 radical (unpaired) electrons. The Balaban J connectivity index is 1.92. The van der Waals surface area contributed by atoms with E-state index in [2.05, 4.69) is 9.88 Å². The van der Waals surface area contributed by atoms with Gasteiger partial charge in [0.1, 0.15) is 11.0 Å². The summed E-state index contributed by atoms with van der Waals surface area (Å²) in [6.45, 7) is 3.82. The molecule has 1 fully saturated rings. The van der Waals surface area contributed by atoms with Crippen LogP contribution in [-0.4, -0.2) is 79.4 Å². The van der Waals surface area contributed by atoms with Crippen LogP contribution in [0.2, 0.25) is 0 Å². The molecular weight excluding hydrogens is 462 g/mol. The van der Waals surface area contributed by atoms with E-state index in [1.54, 1.807) is 12.4 Å². The molecule has 1 aliphatic rings. The average molecular weight is 494 g/mol. The number of sulfonamides is 1. The van der Waals surface area contributed by atoms with E-state index in [4.69, 9.17) is 5.73 Å². The lowest BCUT2D eigenvalue weighted by Crippen LogP contribution is -2.50. The number of hydrogen-bond acceptors (Lipinski definition) is 7. The molecule has 0 spiro atoms. The zero-order chi connectivity index (χ0) is 24.0. The molecule has 2 atom stereocenters. The normalized spacial score (nSPS) is 17.8. The molecule has 2 unspecified atom stereocenters. The molecule has 2 N–H and O–H groups in total. The van der Waals surface area contributed by atoms with E-state index in [9.17, 15) is 18.0 Å². The van der Waals surface area contributed by atoms with Gasteiger partial charge in [-0.1, -0.05) is 30.3 Å². The van der Waals surface area contributed by atoms with Gasteiger partial charge in [-0.25, -0.2) is 12.7 Å². The van der Waals surface area contributed by atoms with Crippen LogP contribution in [0.15, 0.2) is 42.0 Å². The molecule has 9 nitrogen and oxygen atoms in total. The number of anilines is 1. The smallest absolute Gasteiger partial charge is 0.240 e. The molecular formula is C22H31N5O4S2. The Hall–Kier alpha value is -2.34. The molecule has 2 amide bonds. The number of nitrogens with two attached hydrogens (primary N) is 1. The van der Waals surface area contributed by atoms with Gasteiger partial charge in [-0.05, 0) is 38.9 Å². The third-order valence-electron chi connectivity index (χ3n) is 5.85. The number of likely N-dealkylation sites (N-methyl/N-ethyl adjacent to an activating group) is 1. The first kappa shape index (κ1) is 25.3.